The predicted molar refractivity (Wildman–Crippen MR) is 86.5 cm³/mol. The topological polar surface area (TPSA) is 61.0 Å². The fourth-order valence-electron chi connectivity index (χ4n) is 2.08. The maximum absolute atomic E-state index is 5.75. The minimum Gasteiger partial charge on any atom is -0.423 e. The van der Waals surface area contributed by atoms with Crippen molar-refractivity contribution in [2.45, 2.75) is 6.42 Å². The number of nitrogens with zero attached hydrogens (tertiary/aromatic N) is 2. The number of benzene rings is 2. The maximum atomic E-state index is 5.75. The summed E-state index contributed by atoms with van der Waals surface area (Å²) in [6.45, 7) is 0.583. The molecule has 0 fully saturated rings. The Morgan fingerprint density at radius 3 is 2.57 bits per heavy atom. The predicted octanol–water partition coefficient (Wildman–Crippen LogP) is 3.69. The number of aromatic nitrogens is 2. The quantitative estimate of drug-likeness (QED) is 0.784. The van der Waals surface area contributed by atoms with Crippen LogP contribution in [0.1, 0.15) is 5.56 Å². The molecule has 3 aromatic rings. The second-order valence-corrected chi connectivity index (χ2v) is 5.41. The Labute approximate surface area is 131 Å². The molecule has 0 unspecified atom stereocenters. The van der Waals surface area contributed by atoms with Crippen LogP contribution in [-0.2, 0) is 6.42 Å². The lowest BCUT2D eigenvalue weighted by molar-refractivity contribution is 0.439. The van der Waals surface area contributed by atoms with E-state index in [1.165, 1.54) is 0 Å². The summed E-state index contributed by atoms with van der Waals surface area (Å²) in [6, 6.07) is 12.3. The molecule has 0 amide bonds. The van der Waals surface area contributed by atoms with Gasteiger partial charge in [-0.3, -0.25) is 0 Å². The van der Waals surface area contributed by atoms with E-state index in [4.69, 9.17) is 10.5 Å². The molecule has 2 N–H and O–H groups in total. The van der Waals surface area contributed by atoms with E-state index in [0.29, 0.717) is 18.3 Å². The van der Waals surface area contributed by atoms with Crippen LogP contribution in [0.5, 0.6) is 11.8 Å². The molecule has 5 heteroatoms. The third kappa shape index (κ3) is 3.04. The van der Waals surface area contributed by atoms with E-state index in [9.17, 15) is 0 Å². The molecule has 2 aromatic carbocycles. The molecule has 0 spiro atoms. The van der Waals surface area contributed by atoms with Crippen molar-refractivity contribution in [3.05, 3.63) is 58.8 Å². The largest absolute Gasteiger partial charge is 0.423 e. The molecule has 1 heterocycles. The van der Waals surface area contributed by atoms with Crippen LogP contribution in [0.4, 0.5) is 0 Å². The van der Waals surface area contributed by atoms with Crippen molar-refractivity contribution in [2.75, 3.05) is 6.54 Å². The summed E-state index contributed by atoms with van der Waals surface area (Å²) in [6.07, 6.45) is 4.24. The lowest BCUT2D eigenvalue weighted by atomic mass is 10.1. The number of hydrogen-bond donors (Lipinski definition) is 1. The zero-order chi connectivity index (χ0) is 14.7. The molecule has 3 rings (SSSR count). The minimum absolute atomic E-state index is 0.326. The number of ether oxygens (including phenoxy) is 1. The highest BCUT2D eigenvalue weighted by atomic mass is 79.9. The summed E-state index contributed by atoms with van der Waals surface area (Å²) in [5.41, 5.74) is 6.50. The van der Waals surface area contributed by atoms with Crippen molar-refractivity contribution >= 4 is 26.7 Å². The zero-order valence-corrected chi connectivity index (χ0v) is 12.9. The van der Waals surface area contributed by atoms with Crippen LogP contribution in [0.15, 0.2) is 53.3 Å². The molecule has 0 bridgehead atoms. The standard InChI is InChI=1S/C16H14BrN3O/c17-15-13-4-2-1-3-12(13)5-6-14(15)21-16-19-9-11(7-8-18)10-20-16/h1-6,9-10H,7-8,18H2. The van der Waals surface area contributed by atoms with Crippen molar-refractivity contribution in [3.63, 3.8) is 0 Å². The van der Waals surface area contributed by atoms with Crippen molar-refractivity contribution in [1.82, 2.24) is 9.97 Å². The molecule has 0 aliphatic rings. The van der Waals surface area contributed by atoms with Gasteiger partial charge in [-0.25, -0.2) is 9.97 Å². The summed E-state index contributed by atoms with van der Waals surface area (Å²) >= 11 is 3.58. The van der Waals surface area contributed by atoms with Gasteiger partial charge in [0.05, 0.1) is 4.47 Å². The van der Waals surface area contributed by atoms with Gasteiger partial charge in [0.25, 0.3) is 0 Å². The number of fused-ring (bicyclic) bond motifs is 1. The van der Waals surface area contributed by atoms with E-state index < -0.39 is 0 Å². The Morgan fingerprint density at radius 2 is 1.81 bits per heavy atom. The van der Waals surface area contributed by atoms with E-state index in [-0.39, 0.29) is 0 Å². The van der Waals surface area contributed by atoms with Gasteiger partial charge < -0.3 is 10.5 Å². The maximum Gasteiger partial charge on any atom is 0.321 e. The van der Waals surface area contributed by atoms with Crippen molar-refractivity contribution < 1.29 is 4.74 Å². The lowest BCUT2D eigenvalue weighted by Crippen LogP contribution is -2.03. The van der Waals surface area contributed by atoms with Gasteiger partial charge >= 0.3 is 6.01 Å². The van der Waals surface area contributed by atoms with Crippen LogP contribution in [0.2, 0.25) is 0 Å². The minimum atomic E-state index is 0.326. The molecule has 0 radical (unpaired) electrons. The van der Waals surface area contributed by atoms with Crippen LogP contribution in [-0.4, -0.2) is 16.5 Å². The number of halogens is 1. The summed E-state index contributed by atoms with van der Waals surface area (Å²) in [5.74, 6) is 0.695. The van der Waals surface area contributed by atoms with Crippen LogP contribution in [0.3, 0.4) is 0 Å². The van der Waals surface area contributed by atoms with Crippen molar-refractivity contribution in [1.29, 1.82) is 0 Å². The fourth-order valence-corrected chi connectivity index (χ4v) is 2.66. The average Bonchev–Trinajstić information content (AvgIpc) is 2.52. The Kier molecular flexibility index (Phi) is 4.13. The molecule has 0 aliphatic carbocycles. The molecule has 0 atom stereocenters. The zero-order valence-electron chi connectivity index (χ0n) is 11.3. The summed E-state index contributed by atoms with van der Waals surface area (Å²) in [5, 5.41) is 2.24. The molecule has 0 aliphatic heterocycles. The first-order chi connectivity index (χ1) is 10.3. The van der Waals surface area contributed by atoms with E-state index >= 15 is 0 Å². The average molecular weight is 344 g/mol. The monoisotopic (exact) mass is 343 g/mol. The van der Waals surface area contributed by atoms with Gasteiger partial charge in [0, 0.05) is 12.4 Å². The first kappa shape index (κ1) is 14.0. The molecule has 1 aromatic heterocycles. The smallest absolute Gasteiger partial charge is 0.321 e. The van der Waals surface area contributed by atoms with Crippen molar-refractivity contribution in [3.8, 4) is 11.8 Å². The molecular formula is C16H14BrN3O. The van der Waals surface area contributed by atoms with Crippen LogP contribution in [0.25, 0.3) is 10.8 Å². The van der Waals surface area contributed by atoms with E-state index in [2.05, 4.69) is 32.0 Å². The Hall–Kier alpha value is -1.98. The lowest BCUT2D eigenvalue weighted by Gasteiger charge is -2.08. The van der Waals surface area contributed by atoms with Gasteiger partial charge in [-0.05, 0) is 51.3 Å². The Balaban J connectivity index is 1.89. The number of nitrogens with two attached hydrogens (primary N) is 1. The van der Waals surface area contributed by atoms with Gasteiger partial charge in [-0.1, -0.05) is 30.3 Å². The van der Waals surface area contributed by atoms with E-state index in [0.717, 1.165) is 27.2 Å². The van der Waals surface area contributed by atoms with E-state index in [1.807, 2.05) is 30.3 Å². The SMILES string of the molecule is NCCc1cnc(Oc2ccc3ccccc3c2Br)nc1. The van der Waals surface area contributed by atoms with Crippen LogP contribution >= 0.6 is 15.9 Å². The highest BCUT2D eigenvalue weighted by Crippen LogP contribution is 2.34. The molecule has 4 nitrogen and oxygen atoms in total. The second kappa shape index (κ2) is 6.20. The first-order valence-electron chi connectivity index (χ1n) is 6.64. The highest BCUT2D eigenvalue weighted by Gasteiger charge is 2.08. The number of rotatable bonds is 4. The summed E-state index contributed by atoms with van der Waals surface area (Å²) < 4.78 is 6.65. The first-order valence-corrected chi connectivity index (χ1v) is 7.43. The van der Waals surface area contributed by atoms with Gasteiger partial charge in [-0.15, -0.1) is 0 Å². The normalized spacial score (nSPS) is 10.8. The van der Waals surface area contributed by atoms with Crippen LogP contribution < -0.4 is 10.5 Å². The Morgan fingerprint density at radius 1 is 1.05 bits per heavy atom. The summed E-state index contributed by atoms with van der Waals surface area (Å²) in [4.78, 5) is 8.41. The fraction of sp³-hybridized carbons (Fsp3) is 0.125. The summed E-state index contributed by atoms with van der Waals surface area (Å²) in [7, 11) is 0. The van der Waals surface area contributed by atoms with Gasteiger partial charge in [-0.2, -0.15) is 0 Å². The second-order valence-electron chi connectivity index (χ2n) is 4.61. The van der Waals surface area contributed by atoms with Crippen LogP contribution in [0, 0.1) is 0 Å². The Bertz CT molecular complexity index is 759. The molecule has 106 valence electrons. The van der Waals surface area contributed by atoms with Gasteiger partial charge in [0.2, 0.25) is 0 Å². The number of hydrogen-bond acceptors (Lipinski definition) is 4. The van der Waals surface area contributed by atoms with Crippen molar-refractivity contribution in [2.24, 2.45) is 5.73 Å². The van der Waals surface area contributed by atoms with E-state index in [1.54, 1.807) is 12.4 Å². The highest BCUT2D eigenvalue weighted by molar-refractivity contribution is 9.10. The molecule has 0 saturated carbocycles. The molecule has 0 saturated heterocycles. The van der Waals surface area contributed by atoms with Gasteiger partial charge in [0.1, 0.15) is 5.75 Å². The van der Waals surface area contributed by atoms with Gasteiger partial charge in [0.15, 0.2) is 0 Å². The molecule has 21 heavy (non-hydrogen) atoms. The third-order valence-electron chi connectivity index (χ3n) is 3.14. The molecular weight excluding hydrogens is 330 g/mol. The third-order valence-corrected chi connectivity index (χ3v) is 3.96.